The molecule has 3 aromatic rings. The maximum absolute atomic E-state index is 13.3. The Morgan fingerprint density at radius 1 is 1.10 bits per heavy atom. The second kappa shape index (κ2) is 9.36. The molecule has 0 amide bonds. The monoisotopic (exact) mass is 508 g/mol. The number of hydrogen-bond donors (Lipinski definition) is 3. The van der Waals surface area contributed by atoms with E-state index in [0.29, 0.717) is 5.02 Å². The van der Waals surface area contributed by atoms with E-state index < -0.39 is 6.04 Å². The average Bonchev–Trinajstić information content (AvgIpc) is 3.30. The zero-order valence-corrected chi connectivity index (χ0v) is 19.1. The van der Waals surface area contributed by atoms with Crippen molar-refractivity contribution in [1.29, 1.82) is 0 Å². The van der Waals surface area contributed by atoms with Crippen LogP contribution in [-0.4, -0.2) is 16.9 Å². The van der Waals surface area contributed by atoms with Gasteiger partial charge in [0.25, 0.3) is 0 Å². The van der Waals surface area contributed by atoms with E-state index in [4.69, 9.17) is 11.6 Å². The van der Waals surface area contributed by atoms with Gasteiger partial charge in [-0.1, -0.05) is 63.6 Å². The van der Waals surface area contributed by atoms with Gasteiger partial charge >= 0.3 is 0 Å². The van der Waals surface area contributed by atoms with Crippen molar-refractivity contribution in [1.82, 2.24) is 11.5 Å². The Morgan fingerprint density at radius 3 is 2.48 bits per heavy atom. The van der Waals surface area contributed by atoms with Gasteiger partial charge in [0, 0.05) is 15.3 Å². The van der Waals surface area contributed by atoms with Gasteiger partial charge in [-0.3, -0.25) is 4.79 Å². The normalized spacial score (nSPS) is 17.0. The molecular weight excluding hydrogens is 492 g/mol. The van der Waals surface area contributed by atoms with Crippen molar-refractivity contribution in [2.24, 2.45) is 0 Å². The van der Waals surface area contributed by atoms with Crippen LogP contribution in [0, 0.1) is 0 Å². The molecule has 4 nitrogen and oxygen atoms in total. The SMILES string of the molecule is N.O=C1C(Sc2ccccc2Cl)=C(O)NC1C(c1ccc(Br)cc1)c1ccsc1. The first-order valence-corrected chi connectivity index (χ1v) is 11.4. The molecule has 1 aliphatic heterocycles. The van der Waals surface area contributed by atoms with Crippen molar-refractivity contribution in [3.63, 3.8) is 0 Å². The van der Waals surface area contributed by atoms with Crippen LogP contribution in [0.2, 0.25) is 5.02 Å². The van der Waals surface area contributed by atoms with Crippen molar-refractivity contribution in [2.75, 3.05) is 0 Å². The summed E-state index contributed by atoms with van der Waals surface area (Å²) < 4.78 is 0.974. The van der Waals surface area contributed by atoms with Gasteiger partial charge in [-0.2, -0.15) is 11.3 Å². The quantitative estimate of drug-likeness (QED) is 0.365. The number of benzene rings is 2. The van der Waals surface area contributed by atoms with Gasteiger partial charge in [0.2, 0.25) is 5.88 Å². The van der Waals surface area contributed by atoms with E-state index >= 15 is 0 Å². The number of nitrogens with one attached hydrogen (secondary N) is 1. The molecule has 5 N–H and O–H groups in total. The molecule has 2 atom stereocenters. The van der Waals surface area contributed by atoms with E-state index in [2.05, 4.69) is 21.2 Å². The summed E-state index contributed by atoms with van der Waals surface area (Å²) >= 11 is 12.5. The lowest BCUT2D eigenvalue weighted by molar-refractivity contribution is -0.116. The molecule has 1 aromatic heterocycles. The topological polar surface area (TPSA) is 84.3 Å². The molecule has 2 aromatic carbocycles. The molecule has 1 aliphatic rings. The Kier molecular flexibility index (Phi) is 7.08. The minimum absolute atomic E-state index is 0. The lowest BCUT2D eigenvalue weighted by Crippen LogP contribution is -2.36. The maximum atomic E-state index is 13.3. The third-order valence-electron chi connectivity index (χ3n) is 4.53. The lowest BCUT2D eigenvalue weighted by Gasteiger charge is -2.23. The highest BCUT2D eigenvalue weighted by Gasteiger charge is 2.40. The number of halogens is 2. The van der Waals surface area contributed by atoms with Crippen molar-refractivity contribution in [2.45, 2.75) is 16.9 Å². The smallest absolute Gasteiger partial charge is 0.203 e. The van der Waals surface area contributed by atoms with Crippen molar-refractivity contribution < 1.29 is 9.90 Å². The molecule has 2 unspecified atom stereocenters. The molecule has 0 aliphatic carbocycles. The summed E-state index contributed by atoms with van der Waals surface area (Å²) in [6.07, 6.45) is 0. The lowest BCUT2D eigenvalue weighted by atomic mass is 9.85. The molecule has 0 fully saturated rings. The molecule has 0 radical (unpaired) electrons. The molecule has 150 valence electrons. The molecule has 2 heterocycles. The van der Waals surface area contributed by atoms with Crippen molar-refractivity contribution in [3.8, 4) is 0 Å². The minimum atomic E-state index is -0.583. The van der Waals surface area contributed by atoms with Crippen LogP contribution < -0.4 is 11.5 Å². The maximum Gasteiger partial charge on any atom is 0.203 e. The Bertz CT molecular complexity index is 1040. The van der Waals surface area contributed by atoms with Gasteiger partial charge in [0.1, 0.15) is 10.9 Å². The molecule has 29 heavy (non-hydrogen) atoms. The number of carbonyl (C=O) groups is 1. The van der Waals surface area contributed by atoms with E-state index in [-0.39, 0.29) is 28.6 Å². The summed E-state index contributed by atoms with van der Waals surface area (Å²) in [5.41, 5.74) is 2.04. The number of Topliss-reactive ketones (excluding diaryl/α,β-unsaturated/α-hetero) is 1. The molecular formula is C21H18BrClN2O2S2. The Balaban J connectivity index is 0.00000240. The van der Waals surface area contributed by atoms with Crippen LogP contribution >= 0.6 is 50.6 Å². The summed E-state index contributed by atoms with van der Waals surface area (Å²) in [6.45, 7) is 0. The molecule has 0 saturated heterocycles. The van der Waals surface area contributed by atoms with E-state index in [1.165, 1.54) is 11.8 Å². The number of aliphatic hydroxyl groups is 1. The summed E-state index contributed by atoms with van der Waals surface area (Å²) in [7, 11) is 0. The van der Waals surface area contributed by atoms with E-state index in [1.807, 2.05) is 59.3 Å². The number of carbonyl (C=O) groups excluding carboxylic acids is 1. The fourth-order valence-electron chi connectivity index (χ4n) is 3.21. The Labute approximate surface area is 190 Å². The second-order valence-electron chi connectivity index (χ2n) is 6.28. The number of ketones is 1. The molecule has 0 bridgehead atoms. The largest absolute Gasteiger partial charge is 0.494 e. The van der Waals surface area contributed by atoms with E-state index in [0.717, 1.165) is 20.5 Å². The highest BCUT2D eigenvalue weighted by atomic mass is 79.9. The van der Waals surface area contributed by atoms with Crippen LogP contribution in [0.15, 0.2) is 85.5 Å². The summed E-state index contributed by atoms with van der Waals surface area (Å²) in [6, 6.07) is 16.6. The third-order valence-corrected chi connectivity index (χ3v) is 7.37. The summed E-state index contributed by atoms with van der Waals surface area (Å²) in [4.78, 5) is 14.3. The van der Waals surface area contributed by atoms with E-state index in [1.54, 1.807) is 17.4 Å². The fourth-order valence-corrected chi connectivity index (χ4v) is 5.33. The number of rotatable bonds is 5. The first-order chi connectivity index (χ1) is 13.5. The molecule has 0 saturated carbocycles. The fraction of sp³-hybridized carbons (Fsp3) is 0.0952. The van der Waals surface area contributed by atoms with Crippen LogP contribution in [0.25, 0.3) is 0 Å². The van der Waals surface area contributed by atoms with E-state index in [9.17, 15) is 9.90 Å². The zero-order chi connectivity index (χ0) is 19.7. The van der Waals surface area contributed by atoms with Crippen LogP contribution in [0.5, 0.6) is 0 Å². The third kappa shape index (κ3) is 4.54. The van der Waals surface area contributed by atoms with Gasteiger partial charge in [0.15, 0.2) is 5.78 Å². The van der Waals surface area contributed by atoms with Crippen LogP contribution in [0.4, 0.5) is 0 Å². The standard InChI is InChI=1S/C21H15BrClNO2S2.H3N/c22-14-7-5-12(6-8-14)17(13-9-10-27-11-13)18-19(25)20(21(26)24-18)28-16-4-2-1-3-15(16)23;/h1-11,17-18,24,26H;1H3. The highest BCUT2D eigenvalue weighted by Crippen LogP contribution is 2.41. The molecule has 8 heteroatoms. The zero-order valence-electron chi connectivity index (χ0n) is 15.1. The highest BCUT2D eigenvalue weighted by molar-refractivity contribution is 9.10. The van der Waals surface area contributed by atoms with Gasteiger partial charge in [-0.15, -0.1) is 0 Å². The predicted molar refractivity (Wildman–Crippen MR) is 124 cm³/mol. The predicted octanol–water partition coefficient (Wildman–Crippen LogP) is 6.52. The van der Waals surface area contributed by atoms with Crippen LogP contribution in [-0.2, 0) is 4.79 Å². The average molecular weight is 510 g/mol. The second-order valence-corrected chi connectivity index (χ2v) is 9.44. The van der Waals surface area contributed by atoms with Gasteiger partial charge in [0.05, 0.1) is 5.02 Å². The summed E-state index contributed by atoms with van der Waals surface area (Å²) in [5.74, 6) is -0.447. The van der Waals surface area contributed by atoms with Crippen molar-refractivity contribution >= 4 is 56.4 Å². The Morgan fingerprint density at radius 2 is 1.83 bits per heavy atom. The van der Waals surface area contributed by atoms with Crippen molar-refractivity contribution in [3.05, 3.63) is 96.8 Å². The first-order valence-electron chi connectivity index (χ1n) is 8.48. The number of aliphatic hydroxyl groups excluding tert-OH is 1. The summed E-state index contributed by atoms with van der Waals surface area (Å²) in [5, 5.41) is 18.1. The molecule has 4 rings (SSSR count). The number of thiophene rings is 1. The van der Waals surface area contributed by atoms with Gasteiger partial charge in [-0.25, -0.2) is 0 Å². The van der Waals surface area contributed by atoms with Gasteiger partial charge < -0.3 is 16.6 Å². The minimum Gasteiger partial charge on any atom is -0.494 e. The van der Waals surface area contributed by atoms with Gasteiger partial charge in [-0.05, 0) is 52.2 Å². The number of thioether (sulfide) groups is 1. The Hall–Kier alpha value is -1.77. The first kappa shape index (κ1) is 21.9. The van der Waals surface area contributed by atoms with Crippen LogP contribution in [0.1, 0.15) is 17.0 Å². The van der Waals surface area contributed by atoms with Crippen LogP contribution in [0.3, 0.4) is 0 Å². The number of hydrogen-bond acceptors (Lipinski definition) is 6. The molecule has 0 spiro atoms.